The lowest BCUT2D eigenvalue weighted by Crippen LogP contribution is -2.37. The molecule has 0 unspecified atom stereocenters. The van der Waals surface area contributed by atoms with Crippen LogP contribution in [-0.2, 0) is 14.1 Å². The summed E-state index contributed by atoms with van der Waals surface area (Å²) < 4.78 is 12.8. The van der Waals surface area contributed by atoms with Crippen molar-refractivity contribution in [3.05, 3.63) is 33.0 Å². The topological polar surface area (TPSA) is 62.5 Å². The van der Waals surface area contributed by atoms with Crippen LogP contribution in [0.5, 0.6) is 11.5 Å². The molecule has 1 heterocycles. The molecule has 0 spiro atoms. The zero-order chi connectivity index (χ0) is 13.4. The summed E-state index contributed by atoms with van der Waals surface area (Å²) in [4.78, 5) is 24.0. The lowest BCUT2D eigenvalue weighted by molar-refractivity contribution is 0.358. The van der Waals surface area contributed by atoms with E-state index in [0.717, 1.165) is 4.57 Å². The molecule has 6 nitrogen and oxygen atoms in total. The molecule has 1 aromatic carbocycles. The summed E-state index contributed by atoms with van der Waals surface area (Å²) in [5.41, 5.74) is -0.260. The van der Waals surface area contributed by atoms with E-state index < -0.39 is 5.56 Å². The highest BCUT2D eigenvalue weighted by Crippen LogP contribution is 2.32. The van der Waals surface area contributed by atoms with E-state index in [1.54, 1.807) is 19.2 Å². The van der Waals surface area contributed by atoms with Crippen LogP contribution in [-0.4, -0.2) is 23.4 Å². The third kappa shape index (κ3) is 1.49. The first kappa shape index (κ1) is 12.2. The highest BCUT2D eigenvalue weighted by atomic mass is 16.5. The fraction of sp³-hybridized carbons (Fsp3) is 0.333. The van der Waals surface area contributed by atoms with Gasteiger partial charge in [-0.25, -0.2) is 4.79 Å². The van der Waals surface area contributed by atoms with E-state index >= 15 is 0 Å². The molecule has 0 radical (unpaired) electrons. The van der Waals surface area contributed by atoms with Gasteiger partial charge in [0.25, 0.3) is 5.56 Å². The fourth-order valence-corrected chi connectivity index (χ4v) is 1.99. The Morgan fingerprint density at radius 3 is 2.22 bits per heavy atom. The van der Waals surface area contributed by atoms with Crippen molar-refractivity contribution in [3.63, 3.8) is 0 Å². The van der Waals surface area contributed by atoms with Crippen LogP contribution in [0, 0.1) is 0 Å². The molecule has 2 rings (SSSR count). The normalized spacial score (nSPS) is 10.7. The van der Waals surface area contributed by atoms with Crippen molar-refractivity contribution in [2.45, 2.75) is 0 Å². The average Bonchev–Trinajstić information content (AvgIpc) is 2.40. The maximum atomic E-state index is 12.2. The molecule has 0 aliphatic carbocycles. The summed E-state index contributed by atoms with van der Waals surface area (Å²) in [7, 11) is 6.00. The van der Waals surface area contributed by atoms with Gasteiger partial charge in [-0.3, -0.25) is 13.9 Å². The van der Waals surface area contributed by atoms with Crippen molar-refractivity contribution in [2.75, 3.05) is 14.2 Å². The molecule has 0 atom stereocenters. The lowest BCUT2D eigenvalue weighted by Gasteiger charge is -2.13. The van der Waals surface area contributed by atoms with Gasteiger partial charge in [-0.1, -0.05) is 0 Å². The number of hydrogen-bond acceptors (Lipinski definition) is 4. The largest absolute Gasteiger partial charge is 0.493 e. The van der Waals surface area contributed by atoms with Crippen molar-refractivity contribution >= 4 is 10.9 Å². The van der Waals surface area contributed by atoms with Crippen LogP contribution >= 0.6 is 0 Å². The van der Waals surface area contributed by atoms with Crippen LogP contribution in [0.15, 0.2) is 21.7 Å². The van der Waals surface area contributed by atoms with Gasteiger partial charge >= 0.3 is 5.69 Å². The van der Waals surface area contributed by atoms with Gasteiger partial charge in [0.15, 0.2) is 11.5 Å². The molecule has 0 aliphatic rings. The van der Waals surface area contributed by atoms with Gasteiger partial charge in [-0.2, -0.15) is 0 Å². The third-order valence-electron chi connectivity index (χ3n) is 2.98. The molecule has 0 amide bonds. The van der Waals surface area contributed by atoms with E-state index in [9.17, 15) is 9.59 Å². The molecule has 0 saturated carbocycles. The Labute approximate surface area is 103 Å². The summed E-state index contributed by atoms with van der Waals surface area (Å²) in [5, 5.41) is 0.335. The second-order valence-corrected chi connectivity index (χ2v) is 3.90. The number of methoxy groups -OCH3 is 2. The summed E-state index contributed by atoms with van der Waals surface area (Å²) in [5.74, 6) is 0.798. The molecule has 1 aromatic heterocycles. The number of ether oxygens (including phenoxy) is 2. The second kappa shape index (κ2) is 4.21. The van der Waals surface area contributed by atoms with Crippen LogP contribution in [0.1, 0.15) is 0 Å². The quantitative estimate of drug-likeness (QED) is 0.766. The highest BCUT2D eigenvalue weighted by Gasteiger charge is 2.16. The van der Waals surface area contributed by atoms with Gasteiger partial charge in [-0.05, 0) is 12.1 Å². The molecule has 0 saturated heterocycles. The van der Waals surface area contributed by atoms with E-state index in [1.807, 2.05) is 0 Å². The Balaban J connectivity index is 3.12. The molecule has 0 aliphatic heterocycles. The minimum Gasteiger partial charge on any atom is -0.493 e. The van der Waals surface area contributed by atoms with E-state index in [0.29, 0.717) is 22.4 Å². The van der Waals surface area contributed by atoms with E-state index in [2.05, 4.69) is 0 Å². The Kier molecular flexibility index (Phi) is 2.86. The molecule has 0 bridgehead atoms. The Morgan fingerprint density at radius 1 is 1.00 bits per heavy atom. The van der Waals surface area contributed by atoms with Crippen LogP contribution in [0.4, 0.5) is 0 Å². The Bertz CT molecular complexity index is 727. The first-order valence-corrected chi connectivity index (χ1v) is 5.33. The van der Waals surface area contributed by atoms with Crippen molar-refractivity contribution in [2.24, 2.45) is 14.1 Å². The predicted molar refractivity (Wildman–Crippen MR) is 67.5 cm³/mol. The van der Waals surface area contributed by atoms with Crippen molar-refractivity contribution in [1.29, 1.82) is 0 Å². The maximum absolute atomic E-state index is 12.2. The zero-order valence-corrected chi connectivity index (χ0v) is 10.7. The number of aromatic nitrogens is 2. The number of hydrogen-bond donors (Lipinski definition) is 0. The Hall–Kier alpha value is -2.24. The number of rotatable bonds is 2. The van der Waals surface area contributed by atoms with Gasteiger partial charge in [0.2, 0.25) is 0 Å². The summed E-state index contributed by atoms with van der Waals surface area (Å²) in [6, 6.07) is 3.33. The number of aryl methyl sites for hydroxylation is 1. The van der Waals surface area contributed by atoms with Gasteiger partial charge in [-0.15, -0.1) is 0 Å². The Morgan fingerprint density at radius 2 is 1.67 bits per heavy atom. The fourth-order valence-electron chi connectivity index (χ4n) is 1.99. The highest BCUT2D eigenvalue weighted by molar-refractivity contribution is 5.87. The number of benzene rings is 1. The number of nitrogens with zero attached hydrogens (tertiary/aromatic N) is 2. The predicted octanol–water partition coefficient (Wildman–Crippen LogP) is 0.254. The van der Waals surface area contributed by atoms with Crippen molar-refractivity contribution in [1.82, 2.24) is 9.13 Å². The monoisotopic (exact) mass is 250 g/mol. The summed E-state index contributed by atoms with van der Waals surface area (Å²) in [6.07, 6.45) is 0. The third-order valence-corrected chi connectivity index (χ3v) is 2.98. The molecule has 18 heavy (non-hydrogen) atoms. The summed E-state index contributed by atoms with van der Waals surface area (Å²) in [6.45, 7) is 0. The SMILES string of the molecule is COc1ccc2c(c1OC)c(=O)n(C)c(=O)n2C. The first-order chi connectivity index (χ1) is 8.52. The van der Waals surface area contributed by atoms with Crippen molar-refractivity contribution < 1.29 is 9.47 Å². The molecule has 6 heteroatoms. The molecule has 0 N–H and O–H groups in total. The van der Waals surface area contributed by atoms with Crippen LogP contribution < -0.4 is 20.7 Å². The van der Waals surface area contributed by atoms with E-state index in [1.165, 1.54) is 25.8 Å². The minimum absolute atomic E-state index is 0.335. The standard InChI is InChI=1S/C12H14N2O4/c1-13-7-5-6-8(17-3)10(18-4)9(7)11(15)14(2)12(13)16/h5-6H,1-4H3. The zero-order valence-electron chi connectivity index (χ0n) is 10.7. The van der Waals surface area contributed by atoms with Gasteiger partial charge in [0, 0.05) is 14.1 Å². The molecule has 96 valence electrons. The van der Waals surface area contributed by atoms with E-state index in [-0.39, 0.29) is 5.69 Å². The smallest absolute Gasteiger partial charge is 0.330 e. The minimum atomic E-state index is -0.399. The lowest BCUT2D eigenvalue weighted by atomic mass is 10.2. The van der Waals surface area contributed by atoms with Gasteiger partial charge < -0.3 is 9.47 Å². The van der Waals surface area contributed by atoms with Crippen LogP contribution in [0.3, 0.4) is 0 Å². The maximum Gasteiger partial charge on any atom is 0.330 e. The second-order valence-electron chi connectivity index (χ2n) is 3.90. The van der Waals surface area contributed by atoms with Crippen LogP contribution in [0.25, 0.3) is 10.9 Å². The van der Waals surface area contributed by atoms with Gasteiger partial charge in [0.05, 0.1) is 19.7 Å². The first-order valence-electron chi connectivity index (χ1n) is 5.33. The van der Waals surface area contributed by atoms with Crippen molar-refractivity contribution in [3.8, 4) is 11.5 Å². The summed E-state index contributed by atoms with van der Waals surface area (Å²) >= 11 is 0. The molecule has 0 fully saturated rings. The van der Waals surface area contributed by atoms with E-state index in [4.69, 9.17) is 9.47 Å². The average molecular weight is 250 g/mol. The van der Waals surface area contributed by atoms with Crippen LogP contribution in [0.2, 0.25) is 0 Å². The molecular formula is C12H14N2O4. The van der Waals surface area contributed by atoms with Gasteiger partial charge in [0.1, 0.15) is 5.39 Å². The molecule has 2 aromatic rings. The number of fused-ring (bicyclic) bond motifs is 1. The molecular weight excluding hydrogens is 236 g/mol.